The van der Waals surface area contributed by atoms with Crippen LogP contribution in [0.25, 0.3) is 0 Å². The maximum absolute atomic E-state index is 9.34. The first-order chi connectivity index (χ1) is 11.6. The molecule has 0 amide bonds. The lowest BCUT2D eigenvalue weighted by atomic mass is 9.58. The highest BCUT2D eigenvalue weighted by molar-refractivity contribution is 5.42. The first-order valence-electron chi connectivity index (χ1n) is 9.58. The number of aryl methyl sites for hydroxylation is 1. The van der Waals surface area contributed by atoms with E-state index in [-0.39, 0.29) is 11.0 Å². The minimum Gasteiger partial charge on any atom is -0.292 e. The van der Waals surface area contributed by atoms with Gasteiger partial charge in [-0.3, -0.25) is 4.84 Å². The Morgan fingerprint density at radius 3 is 2.52 bits per heavy atom. The summed E-state index contributed by atoms with van der Waals surface area (Å²) in [6, 6.07) is 9.33. The molecule has 2 fully saturated rings. The second kappa shape index (κ2) is 6.11. The Morgan fingerprint density at radius 2 is 1.92 bits per heavy atom. The van der Waals surface area contributed by atoms with Gasteiger partial charge >= 0.3 is 0 Å². The molecule has 1 heterocycles. The molecule has 0 spiro atoms. The summed E-state index contributed by atoms with van der Waals surface area (Å²) in [5, 5.41) is 11.6. The van der Waals surface area contributed by atoms with E-state index < -0.39 is 0 Å². The van der Waals surface area contributed by atoms with Gasteiger partial charge in [0.1, 0.15) is 0 Å². The summed E-state index contributed by atoms with van der Waals surface area (Å²) >= 11 is 0. The summed E-state index contributed by atoms with van der Waals surface area (Å²) in [4.78, 5) is 6.41. The fourth-order valence-electron chi connectivity index (χ4n) is 5.41. The lowest BCUT2D eigenvalue weighted by Crippen LogP contribution is -2.50. The minimum absolute atomic E-state index is 0.0884. The molecule has 1 aliphatic carbocycles. The third kappa shape index (κ3) is 3.00. The van der Waals surface area contributed by atoms with Crippen molar-refractivity contribution in [3.63, 3.8) is 0 Å². The number of hydrogen-bond donors (Lipinski definition) is 0. The van der Waals surface area contributed by atoms with Crippen molar-refractivity contribution in [3.8, 4) is 6.07 Å². The van der Waals surface area contributed by atoms with Crippen LogP contribution in [0.1, 0.15) is 71.1 Å². The lowest BCUT2D eigenvalue weighted by molar-refractivity contribution is -0.215. The van der Waals surface area contributed by atoms with Gasteiger partial charge < -0.3 is 0 Å². The van der Waals surface area contributed by atoms with E-state index in [1.54, 1.807) is 0 Å². The fraction of sp³-hybridized carbons (Fsp3) is 0.682. The molecule has 25 heavy (non-hydrogen) atoms. The van der Waals surface area contributed by atoms with Gasteiger partial charge in [0, 0.05) is 18.0 Å². The summed E-state index contributed by atoms with van der Waals surface area (Å²) in [5.74, 6) is 1.05. The van der Waals surface area contributed by atoms with Crippen molar-refractivity contribution in [1.29, 1.82) is 5.26 Å². The maximum atomic E-state index is 9.34. The van der Waals surface area contributed by atoms with Crippen molar-refractivity contribution in [1.82, 2.24) is 5.06 Å². The molecule has 1 saturated heterocycles. The van der Waals surface area contributed by atoms with Crippen LogP contribution in [0.2, 0.25) is 0 Å². The van der Waals surface area contributed by atoms with Gasteiger partial charge in [-0.25, -0.2) is 0 Å². The van der Waals surface area contributed by atoms with Crippen molar-refractivity contribution in [2.24, 2.45) is 11.8 Å². The Bertz CT molecular complexity index is 702. The number of nitrogens with zero attached hydrogens (tertiary/aromatic N) is 2. The zero-order chi connectivity index (χ0) is 18.6. The molecule has 0 N–H and O–H groups in total. The number of benzene rings is 1. The van der Waals surface area contributed by atoms with Gasteiger partial charge in [-0.1, -0.05) is 19.9 Å². The van der Waals surface area contributed by atoms with Crippen molar-refractivity contribution in [2.45, 2.75) is 84.4 Å². The Labute approximate surface area is 152 Å². The highest BCUT2D eigenvalue weighted by Crippen LogP contribution is 2.54. The maximum Gasteiger partial charge on any atom is 0.0991 e. The number of hydroxylamine groups is 2. The Kier molecular flexibility index (Phi) is 4.50. The molecule has 3 nitrogen and oxygen atoms in total. The first-order valence-corrected chi connectivity index (χ1v) is 9.58. The smallest absolute Gasteiger partial charge is 0.0991 e. The number of fused-ring (bicyclic) bond motifs is 1. The van der Waals surface area contributed by atoms with Crippen LogP contribution in [0.3, 0.4) is 0 Å². The standard InChI is InChI=1S/C22H32N2O/c1-14(2)24-20-16(4)11-22(7,12-19(20)21(5,6)25-24)18-10-17(13-23)9-8-15(18)3/h8-10,14,16,19-20H,11-12H2,1-7H3/t16-,19+,20+,22-/m1/s1. The molecular formula is C22H32N2O. The molecule has 1 aliphatic heterocycles. The highest BCUT2D eigenvalue weighted by Gasteiger charge is 2.57. The van der Waals surface area contributed by atoms with Crippen LogP contribution in [0, 0.1) is 30.1 Å². The highest BCUT2D eigenvalue weighted by atomic mass is 16.7. The van der Waals surface area contributed by atoms with Gasteiger partial charge in [0.15, 0.2) is 0 Å². The SMILES string of the molecule is Cc1ccc(C#N)cc1[C@]1(C)C[C@@H](C)[C@H]2[C@H](C1)C(C)(C)ON2C(C)C. The lowest BCUT2D eigenvalue weighted by Gasteiger charge is -2.47. The van der Waals surface area contributed by atoms with Crippen LogP contribution < -0.4 is 0 Å². The van der Waals surface area contributed by atoms with Crippen molar-refractivity contribution in [2.75, 3.05) is 0 Å². The fourth-order valence-corrected chi connectivity index (χ4v) is 5.41. The summed E-state index contributed by atoms with van der Waals surface area (Å²) in [5.41, 5.74) is 3.35. The van der Waals surface area contributed by atoms with E-state index in [1.807, 2.05) is 6.07 Å². The van der Waals surface area contributed by atoms with Crippen LogP contribution in [-0.4, -0.2) is 22.7 Å². The number of nitriles is 1. The molecule has 3 heteroatoms. The molecule has 1 saturated carbocycles. The number of rotatable bonds is 2. The summed E-state index contributed by atoms with van der Waals surface area (Å²) in [6.07, 6.45) is 2.24. The topological polar surface area (TPSA) is 36.3 Å². The third-order valence-electron chi connectivity index (χ3n) is 6.49. The predicted molar refractivity (Wildman–Crippen MR) is 101 cm³/mol. The molecule has 0 radical (unpaired) electrons. The molecule has 3 rings (SSSR count). The largest absolute Gasteiger partial charge is 0.292 e. The van der Waals surface area contributed by atoms with Crippen molar-refractivity contribution >= 4 is 0 Å². The molecule has 1 aromatic carbocycles. The molecule has 2 aliphatic rings. The van der Waals surface area contributed by atoms with Gasteiger partial charge in [-0.15, -0.1) is 0 Å². The van der Waals surface area contributed by atoms with Crippen LogP contribution in [-0.2, 0) is 10.3 Å². The van der Waals surface area contributed by atoms with E-state index in [0.29, 0.717) is 23.9 Å². The van der Waals surface area contributed by atoms with E-state index in [1.165, 1.54) is 11.1 Å². The minimum atomic E-state index is -0.147. The van der Waals surface area contributed by atoms with Crippen LogP contribution >= 0.6 is 0 Å². The summed E-state index contributed by atoms with van der Waals surface area (Å²) in [6.45, 7) is 15.9. The predicted octanol–water partition coefficient (Wildman–Crippen LogP) is 4.97. The average molecular weight is 341 g/mol. The molecule has 4 atom stereocenters. The van der Waals surface area contributed by atoms with Gasteiger partial charge in [0.05, 0.1) is 17.2 Å². The van der Waals surface area contributed by atoms with Gasteiger partial charge in [0.25, 0.3) is 0 Å². The molecule has 0 aromatic heterocycles. The molecule has 0 bridgehead atoms. The normalized spacial score (nSPS) is 34.8. The van der Waals surface area contributed by atoms with E-state index in [2.05, 4.69) is 71.7 Å². The third-order valence-corrected chi connectivity index (χ3v) is 6.49. The monoisotopic (exact) mass is 340 g/mol. The summed E-state index contributed by atoms with van der Waals surface area (Å²) < 4.78 is 0. The Morgan fingerprint density at radius 1 is 1.24 bits per heavy atom. The zero-order valence-electron chi connectivity index (χ0n) is 16.8. The summed E-state index contributed by atoms with van der Waals surface area (Å²) in [7, 11) is 0. The van der Waals surface area contributed by atoms with Gasteiger partial charge in [-0.05, 0) is 82.1 Å². The first kappa shape index (κ1) is 18.4. The second-order valence-corrected chi connectivity index (χ2v) is 9.33. The molecular weight excluding hydrogens is 308 g/mol. The average Bonchev–Trinajstić information content (AvgIpc) is 2.79. The van der Waals surface area contributed by atoms with Crippen LogP contribution in [0.5, 0.6) is 0 Å². The van der Waals surface area contributed by atoms with E-state index in [0.717, 1.165) is 18.4 Å². The van der Waals surface area contributed by atoms with Gasteiger partial charge in [0.2, 0.25) is 0 Å². The Hall–Kier alpha value is -1.37. The second-order valence-electron chi connectivity index (χ2n) is 9.33. The van der Waals surface area contributed by atoms with Gasteiger partial charge in [-0.2, -0.15) is 10.3 Å². The van der Waals surface area contributed by atoms with E-state index in [4.69, 9.17) is 4.84 Å². The molecule has 0 unspecified atom stereocenters. The van der Waals surface area contributed by atoms with Crippen molar-refractivity contribution < 1.29 is 4.84 Å². The zero-order valence-corrected chi connectivity index (χ0v) is 16.8. The van der Waals surface area contributed by atoms with Crippen LogP contribution in [0.15, 0.2) is 18.2 Å². The Balaban J connectivity index is 2.01. The van der Waals surface area contributed by atoms with Crippen molar-refractivity contribution in [3.05, 3.63) is 34.9 Å². The van der Waals surface area contributed by atoms with Crippen LogP contribution in [0.4, 0.5) is 0 Å². The quantitative estimate of drug-likeness (QED) is 0.762. The molecule has 136 valence electrons. The number of hydrogen-bond acceptors (Lipinski definition) is 3. The van der Waals surface area contributed by atoms with E-state index in [9.17, 15) is 5.26 Å². The molecule has 1 aromatic rings. The van der Waals surface area contributed by atoms with E-state index >= 15 is 0 Å².